The van der Waals surface area contributed by atoms with E-state index in [4.69, 9.17) is 5.26 Å². The number of imidazole rings is 1. The summed E-state index contributed by atoms with van der Waals surface area (Å²) in [5, 5.41) is 9.03. The maximum Gasteiger partial charge on any atom is 0.272 e. The summed E-state index contributed by atoms with van der Waals surface area (Å²) >= 11 is 0. The molecule has 3 aromatic rings. The molecule has 2 aliphatic rings. The highest BCUT2D eigenvalue weighted by atomic mass is 16.2. The Kier molecular flexibility index (Phi) is 4.59. The monoisotopic (exact) mass is 414 g/mol. The fraction of sp³-hybridized carbons (Fsp3) is 0.304. The number of nitrogens with zero attached hydrogens (tertiary/aromatic N) is 4. The van der Waals surface area contributed by atoms with E-state index in [9.17, 15) is 9.59 Å². The summed E-state index contributed by atoms with van der Waals surface area (Å²) in [6.45, 7) is 3.56. The van der Waals surface area contributed by atoms with Crippen LogP contribution >= 0.6 is 0 Å². The largest absolute Gasteiger partial charge is 0.356 e. The molecule has 2 aliphatic heterocycles. The second kappa shape index (κ2) is 7.43. The van der Waals surface area contributed by atoms with Crippen LogP contribution < -0.4 is 0 Å². The summed E-state index contributed by atoms with van der Waals surface area (Å²) in [6.07, 6.45) is 3.13. The molecule has 4 heterocycles. The predicted molar refractivity (Wildman–Crippen MR) is 112 cm³/mol. The summed E-state index contributed by atoms with van der Waals surface area (Å²) in [5.74, 6) is 0.866. The maximum absolute atomic E-state index is 13.3. The van der Waals surface area contributed by atoms with Gasteiger partial charge in [0.05, 0.1) is 17.8 Å². The van der Waals surface area contributed by atoms with Crippen LogP contribution in [0.25, 0.3) is 0 Å². The molecule has 3 atom stereocenters. The Bertz CT molecular complexity index is 1170. The maximum atomic E-state index is 13.3. The van der Waals surface area contributed by atoms with E-state index >= 15 is 0 Å². The SMILES string of the molecule is Cc1ncc(C(=O)N2C[C@@H]3CN(C(=O)c4cc(C#N)c[nH]4)C[C@@H]3[C@H]2c2ccccc2)[nH]1. The number of carbonyl (C=O) groups is 2. The zero-order valence-electron chi connectivity index (χ0n) is 17.1. The normalized spacial score (nSPS) is 22.4. The lowest BCUT2D eigenvalue weighted by Gasteiger charge is -2.29. The molecule has 31 heavy (non-hydrogen) atoms. The number of carbonyl (C=O) groups excluding carboxylic acids is 2. The number of fused-ring (bicyclic) bond motifs is 1. The number of amides is 2. The first kappa shape index (κ1) is 19.1. The number of hydrogen-bond acceptors (Lipinski definition) is 4. The van der Waals surface area contributed by atoms with E-state index in [-0.39, 0.29) is 29.7 Å². The van der Waals surface area contributed by atoms with Gasteiger partial charge in [0.25, 0.3) is 11.8 Å². The van der Waals surface area contributed by atoms with Gasteiger partial charge in [0.2, 0.25) is 0 Å². The molecule has 0 unspecified atom stereocenters. The average molecular weight is 414 g/mol. The fourth-order valence-electron chi connectivity index (χ4n) is 4.93. The predicted octanol–water partition coefficient (Wildman–Crippen LogP) is 2.50. The van der Waals surface area contributed by atoms with Gasteiger partial charge in [-0.05, 0) is 18.6 Å². The Labute approximate surface area is 179 Å². The zero-order valence-corrected chi connectivity index (χ0v) is 17.1. The van der Waals surface area contributed by atoms with Crippen LogP contribution in [-0.2, 0) is 0 Å². The van der Waals surface area contributed by atoms with Gasteiger partial charge in [0.15, 0.2) is 0 Å². The minimum atomic E-state index is -0.113. The number of rotatable bonds is 3. The molecule has 1 aromatic carbocycles. The van der Waals surface area contributed by atoms with Crippen LogP contribution in [0.5, 0.6) is 0 Å². The average Bonchev–Trinajstić information content (AvgIpc) is 3.56. The molecule has 0 radical (unpaired) electrons. The number of hydrogen-bond donors (Lipinski definition) is 2. The van der Waals surface area contributed by atoms with Crippen LogP contribution in [0.15, 0.2) is 48.8 Å². The molecule has 2 fully saturated rings. The molecule has 2 aromatic heterocycles. The van der Waals surface area contributed by atoms with Crippen molar-refractivity contribution in [3.63, 3.8) is 0 Å². The van der Waals surface area contributed by atoms with E-state index < -0.39 is 0 Å². The molecule has 2 N–H and O–H groups in total. The van der Waals surface area contributed by atoms with E-state index in [1.54, 1.807) is 18.5 Å². The van der Waals surface area contributed by atoms with Crippen molar-refractivity contribution in [1.29, 1.82) is 5.26 Å². The molecule has 2 amide bonds. The lowest BCUT2D eigenvalue weighted by Crippen LogP contribution is -2.37. The first-order valence-electron chi connectivity index (χ1n) is 10.3. The van der Waals surface area contributed by atoms with Gasteiger partial charge in [-0.1, -0.05) is 30.3 Å². The minimum absolute atomic E-state index is 0.0650. The smallest absolute Gasteiger partial charge is 0.272 e. The Morgan fingerprint density at radius 2 is 1.94 bits per heavy atom. The van der Waals surface area contributed by atoms with Crippen LogP contribution in [0.1, 0.15) is 44.0 Å². The van der Waals surface area contributed by atoms with Gasteiger partial charge in [-0.25, -0.2) is 4.98 Å². The topological polar surface area (TPSA) is 109 Å². The summed E-state index contributed by atoms with van der Waals surface area (Å²) in [4.78, 5) is 40.1. The van der Waals surface area contributed by atoms with Gasteiger partial charge in [0, 0.05) is 37.7 Å². The first-order chi connectivity index (χ1) is 15.0. The molecule has 8 heteroatoms. The summed E-state index contributed by atoms with van der Waals surface area (Å²) in [5.41, 5.74) is 2.42. The Morgan fingerprint density at radius 1 is 1.13 bits per heavy atom. The number of benzene rings is 1. The fourth-order valence-corrected chi connectivity index (χ4v) is 4.93. The number of nitrogens with one attached hydrogen (secondary N) is 2. The summed E-state index contributed by atoms with van der Waals surface area (Å²) < 4.78 is 0. The van der Waals surface area contributed by atoms with E-state index in [1.807, 2.05) is 53.1 Å². The van der Waals surface area contributed by atoms with Crippen molar-refractivity contribution in [2.24, 2.45) is 11.8 Å². The van der Waals surface area contributed by atoms with Gasteiger partial charge in [-0.3, -0.25) is 9.59 Å². The molecule has 0 spiro atoms. The number of H-pyrrole nitrogens is 2. The standard InChI is InChI=1S/C23H22N6O2/c1-14-25-10-20(27-14)23(31)29-12-17-11-28(22(30)19-7-15(8-24)9-26-19)13-18(17)21(29)16-5-3-2-4-6-16/h2-7,9-10,17-18,21,26H,11-13H2,1H3,(H,25,27)/t17-,18-,21+/m0/s1. The Morgan fingerprint density at radius 3 is 2.61 bits per heavy atom. The van der Waals surface area contributed by atoms with Crippen molar-refractivity contribution in [1.82, 2.24) is 24.8 Å². The van der Waals surface area contributed by atoms with E-state index in [0.717, 1.165) is 5.56 Å². The van der Waals surface area contributed by atoms with Crippen molar-refractivity contribution in [2.75, 3.05) is 19.6 Å². The lowest BCUT2D eigenvalue weighted by molar-refractivity contribution is 0.0671. The summed E-state index contributed by atoms with van der Waals surface area (Å²) in [7, 11) is 0. The third-order valence-corrected chi connectivity index (χ3v) is 6.33. The highest BCUT2D eigenvalue weighted by molar-refractivity contribution is 5.94. The highest BCUT2D eigenvalue weighted by Gasteiger charge is 2.50. The van der Waals surface area contributed by atoms with Crippen LogP contribution in [0.4, 0.5) is 0 Å². The van der Waals surface area contributed by atoms with Gasteiger partial charge in [-0.2, -0.15) is 5.26 Å². The zero-order chi connectivity index (χ0) is 21.5. The van der Waals surface area contributed by atoms with Crippen LogP contribution in [-0.4, -0.2) is 56.2 Å². The number of aromatic amines is 2. The molecule has 8 nitrogen and oxygen atoms in total. The van der Waals surface area contributed by atoms with E-state index in [1.165, 1.54) is 0 Å². The van der Waals surface area contributed by atoms with Crippen molar-refractivity contribution in [3.8, 4) is 6.07 Å². The minimum Gasteiger partial charge on any atom is -0.356 e. The molecular formula is C23H22N6O2. The molecular weight excluding hydrogens is 392 g/mol. The molecule has 2 saturated heterocycles. The Hall–Kier alpha value is -3.86. The number of nitriles is 1. The van der Waals surface area contributed by atoms with Crippen LogP contribution in [0, 0.1) is 30.1 Å². The quantitative estimate of drug-likeness (QED) is 0.686. The number of aryl methyl sites for hydroxylation is 1. The Balaban J connectivity index is 1.42. The van der Waals surface area contributed by atoms with Crippen LogP contribution in [0.2, 0.25) is 0 Å². The second-order valence-electron chi connectivity index (χ2n) is 8.24. The van der Waals surface area contributed by atoms with Crippen molar-refractivity contribution >= 4 is 11.8 Å². The molecule has 5 rings (SSSR count). The third-order valence-electron chi connectivity index (χ3n) is 6.33. The van der Waals surface area contributed by atoms with Gasteiger partial charge in [-0.15, -0.1) is 0 Å². The molecule has 0 aliphatic carbocycles. The number of aromatic nitrogens is 3. The molecule has 156 valence electrons. The highest BCUT2D eigenvalue weighted by Crippen LogP contribution is 2.45. The molecule has 0 bridgehead atoms. The first-order valence-corrected chi connectivity index (χ1v) is 10.3. The second-order valence-corrected chi connectivity index (χ2v) is 8.24. The van der Waals surface area contributed by atoms with E-state index in [0.29, 0.717) is 42.4 Å². The molecule has 0 saturated carbocycles. The lowest BCUT2D eigenvalue weighted by atomic mass is 9.89. The number of likely N-dealkylation sites (tertiary alicyclic amines) is 2. The van der Waals surface area contributed by atoms with Crippen molar-refractivity contribution in [2.45, 2.75) is 13.0 Å². The third kappa shape index (κ3) is 3.28. The van der Waals surface area contributed by atoms with Gasteiger partial charge < -0.3 is 19.8 Å². The van der Waals surface area contributed by atoms with E-state index in [2.05, 4.69) is 15.0 Å². The summed E-state index contributed by atoms with van der Waals surface area (Å²) in [6, 6.07) is 13.5. The van der Waals surface area contributed by atoms with Gasteiger partial charge in [0.1, 0.15) is 23.3 Å². The van der Waals surface area contributed by atoms with Crippen molar-refractivity contribution < 1.29 is 9.59 Å². The van der Waals surface area contributed by atoms with Crippen LogP contribution in [0.3, 0.4) is 0 Å². The van der Waals surface area contributed by atoms with Gasteiger partial charge >= 0.3 is 0 Å². The van der Waals surface area contributed by atoms with Crippen molar-refractivity contribution in [3.05, 3.63) is 77.1 Å².